The van der Waals surface area contributed by atoms with Crippen molar-refractivity contribution in [2.24, 2.45) is 0 Å². The van der Waals surface area contributed by atoms with E-state index in [-0.39, 0.29) is 17.1 Å². The predicted molar refractivity (Wildman–Crippen MR) is 128 cm³/mol. The minimum Gasteiger partial charge on any atom is -0.490 e. The Morgan fingerprint density at radius 1 is 1.09 bits per heavy atom. The lowest BCUT2D eigenvalue weighted by atomic mass is 9.96. The van der Waals surface area contributed by atoms with Crippen LogP contribution in [0.2, 0.25) is 0 Å². The Morgan fingerprint density at radius 3 is 2.58 bits per heavy atom. The van der Waals surface area contributed by atoms with Crippen LogP contribution in [-0.4, -0.2) is 30.6 Å². The largest absolute Gasteiger partial charge is 0.490 e. The molecule has 1 aliphatic heterocycles. The average molecular weight is 448 g/mol. The quantitative estimate of drug-likeness (QED) is 0.437. The Balaban J connectivity index is 1.94. The molecule has 2 heterocycles. The number of benzene rings is 2. The molecule has 1 aromatic heterocycles. The van der Waals surface area contributed by atoms with Gasteiger partial charge < -0.3 is 18.8 Å². The maximum Gasteiger partial charge on any atom is 0.290 e. The van der Waals surface area contributed by atoms with Crippen LogP contribution in [0.4, 0.5) is 0 Å². The first kappa shape index (κ1) is 22.6. The topological polar surface area (TPSA) is 69.0 Å². The van der Waals surface area contributed by atoms with Crippen LogP contribution in [0.1, 0.15) is 59.1 Å². The highest BCUT2D eigenvalue weighted by Crippen LogP contribution is 2.41. The fourth-order valence-electron chi connectivity index (χ4n) is 4.56. The summed E-state index contributed by atoms with van der Waals surface area (Å²) in [6.45, 7) is 12.7. The molecule has 0 radical (unpaired) electrons. The first-order valence-electron chi connectivity index (χ1n) is 11.3. The summed E-state index contributed by atoms with van der Waals surface area (Å²) < 4.78 is 17.6. The highest BCUT2D eigenvalue weighted by molar-refractivity contribution is 5.99. The highest BCUT2D eigenvalue weighted by Gasteiger charge is 2.42. The molecule has 6 nitrogen and oxygen atoms in total. The normalized spacial score (nSPS) is 15.1. The third-order valence-corrected chi connectivity index (χ3v) is 5.82. The second-order valence-corrected chi connectivity index (χ2v) is 8.27. The van der Waals surface area contributed by atoms with Gasteiger partial charge in [0.15, 0.2) is 16.9 Å². The van der Waals surface area contributed by atoms with Crippen molar-refractivity contribution < 1.29 is 18.7 Å². The minimum atomic E-state index is -0.554. The second-order valence-electron chi connectivity index (χ2n) is 8.27. The molecule has 1 aliphatic rings. The number of fused-ring (bicyclic) bond motifs is 2. The van der Waals surface area contributed by atoms with Crippen LogP contribution in [0.15, 0.2) is 52.2 Å². The van der Waals surface area contributed by atoms with Crippen molar-refractivity contribution in [3.8, 4) is 11.5 Å². The number of rotatable bonds is 8. The van der Waals surface area contributed by atoms with Gasteiger partial charge >= 0.3 is 0 Å². The molecule has 172 valence electrons. The maximum absolute atomic E-state index is 13.7. The van der Waals surface area contributed by atoms with E-state index in [1.165, 1.54) is 0 Å². The van der Waals surface area contributed by atoms with Crippen LogP contribution in [0.3, 0.4) is 0 Å². The smallest absolute Gasteiger partial charge is 0.290 e. The van der Waals surface area contributed by atoms with Crippen LogP contribution in [0.5, 0.6) is 11.5 Å². The van der Waals surface area contributed by atoms with Crippen molar-refractivity contribution in [1.82, 2.24) is 4.90 Å². The van der Waals surface area contributed by atoms with Crippen molar-refractivity contribution in [3.05, 3.63) is 81.2 Å². The molecule has 6 heteroatoms. The Kier molecular flexibility index (Phi) is 6.27. The van der Waals surface area contributed by atoms with Gasteiger partial charge in [-0.05, 0) is 62.1 Å². The SMILES string of the molecule is C=CCOc1ccc(C2c3c(oc4cc(C)cc(C)c4c3=O)C(=O)N2CCC)cc1OCC. The van der Waals surface area contributed by atoms with Crippen LogP contribution < -0.4 is 14.9 Å². The standard InChI is InChI=1S/C27H29NO5/c1-6-11-28-24(18-9-10-19(32-12-7-2)20(15-18)31-8-3)23-25(29)22-17(5)13-16(4)14-21(22)33-26(23)27(28)30/h7,9-10,13-15,24H,2,6,8,11-12H2,1,3-5H3. The number of ether oxygens (including phenoxy) is 2. The lowest BCUT2D eigenvalue weighted by Crippen LogP contribution is -2.30. The van der Waals surface area contributed by atoms with E-state index in [2.05, 4.69) is 6.58 Å². The third kappa shape index (κ3) is 3.90. The molecule has 33 heavy (non-hydrogen) atoms. The first-order chi connectivity index (χ1) is 15.9. The number of carbonyl (C=O) groups excluding carboxylic acids is 1. The lowest BCUT2D eigenvalue weighted by Gasteiger charge is -2.25. The van der Waals surface area contributed by atoms with E-state index < -0.39 is 6.04 Å². The molecule has 1 atom stereocenters. The van der Waals surface area contributed by atoms with E-state index >= 15 is 0 Å². The third-order valence-electron chi connectivity index (χ3n) is 5.82. The summed E-state index contributed by atoms with van der Waals surface area (Å²) in [6, 6.07) is 8.76. The molecular weight excluding hydrogens is 418 g/mol. The maximum atomic E-state index is 13.7. The van der Waals surface area contributed by atoms with Crippen molar-refractivity contribution in [1.29, 1.82) is 0 Å². The van der Waals surface area contributed by atoms with E-state index in [0.29, 0.717) is 47.8 Å². The van der Waals surface area contributed by atoms with Gasteiger partial charge in [-0.3, -0.25) is 9.59 Å². The Bertz CT molecular complexity index is 1290. The summed E-state index contributed by atoms with van der Waals surface area (Å²) in [6.07, 6.45) is 2.42. The minimum absolute atomic E-state index is 0.126. The van der Waals surface area contributed by atoms with Crippen LogP contribution in [0, 0.1) is 13.8 Å². The molecule has 0 saturated heterocycles. The molecule has 1 amide bonds. The monoisotopic (exact) mass is 447 g/mol. The van der Waals surface area contributed by atoms with Crippen LogP contribution in [-0.2, 0) is 0 Å². The Morgan fingerprint density at radius 2 is 1.88 bits per heavy atom. The summed E-state index contributed by atoms with van der Waals surface area (Å²) in [4.78, 5) is 28.8. The fourth-order valence-corrected chi connectivity index (χ4v) is 4.56. The predicted octanol–water partition coefficient (Wildman–Crippen LogP) is 5.33. The number of carbonyl (C=O) groups is 1. The molecule has 2 aromatic carbocycles. The van der Waals surface area contributed by atoms with Gasteiger partial charge in [0.2, 0.25) is 5.76 Å². The fraction of sp³-hybridized carbons (Fsp3) is 0.333. The Hall–Kier alpha value is -3.54. The van der Waals surface area contributed by atoms with Gasteiger partial charge in [-0.15, -0.1) is 0 Å². The number of aryl methyl sites for hydroxylation is 2. The molecule has 1 unspecified atom stereocenters. The van der Waals surface area contributed by atoms with Gasteiger partial charge in [0.1, 0.15) is 12.2 Å². The van der Waals surface area contributed by atoms with E-state index in [1.54, 1.807) is 11.0 Å². The van der Waals surface area contributed by atoms with Gasteiger partial charge in [-0.2, -0.15) is 0 Å². The molecule has 0 spiro atoms. The summed E-state index contributed by atoms with van der Waals surface area (Å²) >= 11 is 0. The van der Waals surface area contributed by atoms with Crippen LogP contribution in [0.25, 0.3) is 11.0 Å². The highest BCUT2D eigenvalue weighted by atomic mass is 16.5. The van der Waals surface area contributed by atoms with E-state index in [4.69, 9.17) is 13.9 Å². The summed E-state index contributed by atoms with van der Waals surface area (Å²) in [7, 11) is 0. The number of nitrogens with zero attached hydrogens (tertiary/aromatic N) is 1. The van der Waals surface area contributed by atoms with Crippen molar-refractivity contribution in [3.63, 3.8) is 0 Å². The van der Waals surface area contributed by atoms with Crippen molar-refractivity contribution in [2.45, 2.75) is 40.2 Å². The van der Waals surface area contributed by atoms with E-state index in [9.17, 15) is 9.59 Å². The molecule has 4 rings (SSSR count). The summed E-state index contributed by atoms with van der Waals surface area (Å²) in [5, 5.41) is 0.520. The summed E-state index contributed by atoms with van der Waals surface area (Å²) in [5.74, 6) is 1.01. The van der Waals surface area contributed by atoms with Gasteiger partial charge in [-0.1, -0.05) is 31.7 Å². The second kappa shape index (κ2) is 9.14. The first-order valence-corrected chi connectivity index (χ1v) is 11.3. The van der Waals surface area contributed by atoms with E-state index in [1.807, 2.05) is 58.0 Å². The molecular formula is C27H29NO5. The zero-order valence-electron chi connectivity index (χ0n) is 19.6. The molecule has 0 saturated carbocycles. The molecule has 0 aliphatic carbocycles. The molecule has 0 N–H and O–H groups in total. The van der Waals surface area contributed by atoms with E-state index in [0.717, 1.165) is 23.1 Å². The van der Waals surface area contributed by atoms with Crippen LogP contribution >= 0.6 is 0 Å². The number of amides is 1. The number of hydrogen-bond donors (Lipinski definition) is 0. The van der Waals surface area contributed by atoms with Gasteiger partial charge in [0.25, 0.3) is 5.91 Å². The zero-order valence-corrected chi connectivity index (χ0v) is 19.6. The van der Waals surface area contributed by atoms with Gasteiger partial charge in [0.05, 0.1) is 23.6 Å². The Labute approximate surface area is 193 Å². The van der Waals surface area contributed by atoms with Gasteiger partial charge in [-0.25, -0.2) is 0 Å². The number of hydrogen-bond acceptors (Lipinski definition) is 5. The molecule has 0 bridgehead atoms. The van der Waals surface area contributed by atoms with Crippen molar-refractivity contribution in [2.75, 3.05) is 19.8 Å². The lowest BCUT2D eigenvalue weighted by molar-refractivity contribution is 0.0728. The van der Waals surface area contributed by atoms with Crippen molar-refractivity contribution >= 4 is 16.9 Å². The zero-order chi connectivity index (χ0) is 23.7. The van der Waals surface area contributed by atoms with Gasteiger partial charge in [0, 0.05) is 6.54 Å². The summed E-state index contributed by atoms with van der Waals surface area (Å²) in [5.41, 5.74) is 3.27. The molecule has 0 fully saturated rings. The average Bonchev–Trinajstić information content (AvgIpc) is 3.05. The molecule has 3 aromatic rings.